The Balaban J connectivity index is 1.85. The maximum atomic E-state index is 11.3. The Hall–Kier alpha value is -1.73. The van der Waals surface area contributed by atoms with E-state index < -0.39 is 0 Å². The molecule has 3 aromatic rings. The van der Waals surface area contributed by atoms with Crippen molar-refractivity contribution >= 4 is 33.3 Å². The van der Waals surface area contributed by atoms with Gasteiger partial charge in [-0.1, -0.05) is 0 Å². The van der Waals surface area contributed by atoms with Gasteiger partial charge in [0.25, 0.3) is 5.56 Å². The summed E-state index contributed by atoms with van der Waals surface area (Å²) in [5.74, 6) is 0. The van der Waals surface area contributed by atoms with Gasteiger partial charge in [0.1, 0.15) is 16.2 Å². The second-order valence-electron chi connectivity index (χ2n) is 4.56. The molecule has 20 heavy (non-hydrogen) atoms. The fraction of sp³-hybridized carbons (Fsp3) is 0.231. The minimum atomic E-state index is -0.150. The van der Waals surface area contributed by atoms with Gasteiger partial charge in [0.15, 0.2) is 5.16 Å². The molecule has 1 N–H and O–H groups in total. The summed E-state index contributed by atoms with van der Waals surface area (Å²) in [5, 5.41) is 2.58. The first-order valence-electron chi connectivity index (χ1n) is 6.30. The highest BCUT2D eigenvalue weighted by atomic mass is 32.2. The van der Waals surface area contributed by atoms with Gasteiger partial charge in [-0.3, -0.25) is 4.79 Å². The minimum absolute atomic E-state index is 0.150. The van der Waals surface area contributed by atoms with Gasteiger partial charge in [-0.2, -0.15) is 0 Å². The predicted octanol–water partition coefficient (Wildman–Crippen LogP) is 2.41. The molecule has 0 amide bonds. The first-order chi connectivity index (χ1) is 9.81. The van der Waals surface area contributed by atoms with Gasteiger partial charge < -0.3 is 4.98 Å². The maximum Gasteiger partial charge on any atom is 0.251 e. The Morgan fingerprint density at radius 3 is 3.10 bits per heavy atom. The first kappa shape index (κ1) is 12.0. The van der Waals surface area contributed by atoms with Gasteiger partial charge in [-0.25, -0.2) is 15.0 Å². The number of rotatable bonds is 2. The maximum absolute atomic E-state index is 11.3. The Morgan fingerprint density at radius 1 is 1.25 bits per heavy atom. The molecule has 1 aliphatic rings. The molecular weight excluding hydrogens is 292 g/mol. The molecular formula is C13H10N4OS2. The van der Waals surface area contributed by atoms with Crippen molar-refractivity contribution < 1.29 is 0 Å². The third-order valence-electron chi connectivity index (χ3n) is 3.31. The van der Waals surface area contributed by atoms with Gasteiger partial charge in [-0.05, 0) is 36.6 Å². The van der Waals surface area contributed by atoms with E-state index in [0.717, 1.165) is 28.1 Å². The highest BCUT2D eigenvalue weighted by Gasteiger charge is 2.21. The molecule has 7 heteroatoms. The molecule has 0 atom stereocenters. The monoisotopic (exact) mass is 302 g/mol. The van der Waals surface area contributed by atoms with Crippen molar-refractivity contribution in [1.29, 1.82) is 0 Å². The highest BCUT2D eigenvalue weighted by Crippen LogP contribution is 2.40. The van der Waals surface area contributed by atoms with Crippen LogP contribution in [0.5, 0.6) is 0 Å². The number of aromatic nitrogens is 4. The lowest BCUT2D eigenvalue weighted by atomic mass is 10.2. The molecule has 1 aliphatic carbocycles. The Morgan fingerprint density at radius 2 is 2.20 bits per heavy atom. The van der Waals surface area contributed by atoms with Crippen molar-refractivity contribution in [2.45, 2.75) is 29.4 Å². The molecule has 100 valence electrons. The molecule has 0 saturated heterocycles. The van der Waals surface area contributed by atoms with Crippen LogP contribution >= 0.6 is 23.1 Å². The molecule has 4 rings (SSSR count). The molecule has 3 aromatic heterocycles. The van der Waals surface area contributed by atoms with Crippen molar-refractivity contribution in [2.75, 3.05) is 0 Å². The van der Waals surface area contributed by atoms with E-state index in [0.29, 0.717) is 5.16 Å². The summed E-state index contributed by atoms with van der Waals surface area (Å²) in [7, 11) is 0. The van der Waals surface area contributed by atoms with Crippen LogP contribution in [0.1, 0.15) is 16.9 Å². The quantitative estimate of drug-likeness (QED) is 0.581. The molecule has 0 saturated carbocycles. The highest BCUT2D eigenvalue weighted by molar-refractivity contribution is 7.99. The molecule has 0 aliphatic heterocycles. The largest absolute Gasteiger partial charge is 0.301 e. The average Bonchev–Trinajstić information content (AvgIpc) is 2.99. The molecule has 5 nitrogen and oxygen atoms in total. The smallest absolute Gasteiger partial charge is 0.251 e. The van der Waals surface area contributed by atoms with E-state index in [2.05, 4.69) is 19.9 Å². The number of fused-ring (bicyclic) bond motifs is 3. The average molecular weight is 302 g/mol. The van der Waals surface area contributed by atoms with Crippen molar-refractivity contribution in [3.63, 3.8) is 0 Å². The van der Waals surface area contributed by atoms with Crippen LogP contribution in [0, 0.1) is 0 Å². The first-order valence-corrected chi connectivity index (χ1v) is 7.93. The normalized spacial score (nSPS) is 13.8. The fourth-order valence-electron chi connectivity index (χ4n) is 2.47. The Bertz CT molecular complexity index is 855. The zero-order valence-electron chi connectivity index (χ0n) is 10.4. The summed E-state index contributed by atoms with van der Waals surface area (Å²) < 4.78 is 0. The number of thiophene rings is 1. The SMILES string of the molecule is O=c1ccnc(Sc2ncnc3sc4c(c23)CCC4)[nH]1. The number of nitrogens with zero attached hydrogens (tertiary/aromatic N) is 3. The van der Waals surface area contributed by atoms with Crippen LogP contribution in [0.15, 0.2) is 33.6 Å². The Labute approximate surface area is 122 Å². The molecule has 0 bridgehead atoms. The van der Waals surface area contributed by atoms with E-state index in [1.165, 1.54) is 40.9 Å². The van der Waals surface area contributed by atoms with Crippen molar-refractivity contribution in [3.05, 3.63) is 39.4 Å². The van der Waals surface area contributed by atoms with E-state index >= 15 is 0 Å². The van der Waals surface area contributed by atoms with Gasteiger partial charge in [0.05, 0.1) is 0 Å². The number of aromatic amines is 1. The van der Waals surface area contributed by atoms with Crippen LogP contribution in [0.3, 0.4) is 0 Å². The van der Waals surface area contributed by atoms with Crippen LogP contribution in [0.25, 0.3) is 10.2 Å². The van der Waals surface area contributed by atoms with E-state index in [9.17, 15) is 4.79 Å². The molecule has 0 unspecified atom stereocenters. The number of hydrogen-bond acceptors (Lipinski definition) is 6. The lowest BCUT2D eigenvalue weighted by Crippen LogP contribution is -2.05. The van der Waals surface area contributed by atoms with Crippen LogP contribution in [-0.2, 0) is 12.8 Å². The lowest BCUT2D eigenvalue weighted by molar-refractivity contribution is 0.914. The predicted molar refractivity (Wildman–Crippen MR) is 78.4 cm³/mol. The minimum Gasteiger partial charge on any atom is -0.301 e. The third kappa shape index (κ3) is 1.94. The van der Waals surface area contributed by atoms with Crippen molar-refractivity contribution in [3.8, 4) is 0 Å². The zero-order valence-corrected chi connectivity index (χ0v) is 12.1. The molecule has 3 heterocycles. The van der Waals surface area contributed by atoms with E-state index in [4.69, 9.17) is 0 Å². The fourth-order valence-corrected chi connectivity index (χ4v) is 4.64. The van der Waals surface area contributed by atoms with Gasteiger partial charge in [0.2, 0.25) is 0 Å². The summed E-state index contributed by atoms with van der Waals surface area (Å²) >= 11 is 3.15. The van der Waals surface area contributed by atoms with E-state index in [1.807, 2.05) is 0 Å². The topological polar surface area (TPSA) is 71.5 Å². The van der Waals surface area contributed by atoms with Gasteiger partial charge in [0, 0.05) is 22.5 Å². The summed E-state index contributed by atoms with van der Waals surface area (Å²) in [5.41, 5.74) is 1.23. The zero-order chi connectivity index (χ0) is 13.5. The number of hydrogen-bond donors (Lipinski definition) is 1. The van der Waals surface area contributed by atoms with Crippen LogP contribution in [-0.4, -0.2) is 19.9 Å². The van der Waals surface area contributed by atoms with Crippen molar-refractivity contribution in [1.82, 2.24) is 19.9 Å². The second kappa shape index (κ2) is 4.68. The Kier molecular flexibility index (Phi) is 2.82. The van der Waals surface area contributed by atoms with Gasteiger partial charge in [-0.15, -0.1) is 11.3 Å². The lowest BCUT2D eigenvalue weighted by Gasteiger charge is -2.02. The second-order valence-corrected chi connectivity index (χ2v) is 6.62. The molecule has 0 spiro atoms. The summed E-state index contributed by atoms with van der Waals surface area (Å²) in [6.07, 6.45) is 6.53. The number of aryl methyl sites for hydroxylation is 2. The number of nitrogens with one attached hydrogen (secondary N) is 1. The van der Waals surface area contributed by atoms with Crippen molar-refractivity contribution in [2.24, 2.45) is 0 Å². The molecule has 0 fully saturated rings. The third-order valence-corrected chi connectivity index (χ3v) is 5.41. The van der Waals surface area contributed by atoms with Crippen LogP contribution in [0.2, 0.25) is 0 Å². The summed E-state index contributed by atoms with van der Waals surface area (Å²) in [6, 6.07) is 1.40. The molecule has 0 aromatic carbocycles. The van der Waals surface area contributed by atoms with E-state index in [1.54, 1.807) is 17.7 Å². The number of H-pyrrole nitrogens is 1. The summed E-state index contributed by atoms with van der Waals surface area (Å²) in [4.78, 5) is 29.4. The molecule has 0 radical (unpaired) electrons. The van der Waals surface area contributed by atoms with Crippen LogP contribution in [0.4, 0.5) is 0 Å². The van der Waals surface area contributed by atoms with Gasteiger partial charge >= 0.3 is 0 Å². The summed E-state index contributed by atoms with van der Waals surface area (Å²) in [6.45, 7) is 0. The standard InChI is InChI=1S/C13H10N4OS2/c18-9-4-5-14-13(17-9)20-12-10-7-2-1-3-8(7)19-11(10)15-6-16-12/h4-6H,1-3H2,(H,14,17,18). The van der Waals surface area contributed by atoms with E-state index in [-0.39, 0.29) is 5.56 Å². The van der Waals surface area contributed by atoms with Crippen LogP contribution < -0.4 is 5.56 Å².